The van der Waals surface area contributed by atoms with E-state index in [0.717, 1.165) is 0 Å². The van der Waals surface area contributed by atoms with Crippen LogP contribution in [-0.2, 0) is 19.1 Å². The lowest BCUT2D eigenvalue weighted by Gasteiger charge is -2.36. The number of ether oxygens (including phenoxy) is 2. The summed E-state index contributed by atoms with van der Waals surface area (Å²) in [6.45, 7) is 11.3. The Morgan fingerprint density at radius 1 is 1.00 bits per heavy atom. The minimum atomic E-state index is -1.29. The van der Waals surface area contributed by atoms with Gasteiger partial charge in [0.15, 0.2) is 5.82 Å². The van der Waals surface area contributed by atoms with Crippen molar-refractivity contribution < 1.29 is 33.8 Å². The van der Waals surface area contributed by atoms with Crippen LogP contribution in [0.1, 0.15) is 70.6 Å². The number of carbonyl (C=O) groups excluding carboxylic acids is 4. The molecule has 2 heterocycles. The number of piperazine rings is 1. The molecule has 0 saturated carbocycles. The molecule has 1 aliphatic heterocycles. The molecule has 0 radical (unpaired) electrons. The van der Waals surface area contributed by atoms with Crippen molar-refractivity contribution >= 4 is 23.9 Å². The van der Waals surface area contributed by atoms with E-state index >= 15 is 0 Å². The third kappa shape index (κ3) is 10.6. The Labute approximate surface area is 258 Å². The number of benzene rings is 1. The van der Waals surface area contributed by atoms with Gasteiger partial charge >= 0.3 is 12.1 Å². The van der Waals surface area contributed by atoms with Gasteiger partial charge in [-0.2, -0.15) is 0 Å². The number of aromatic nitrogens is 2. The molecule has 3 amide bonds. The van der Waals surface area contributed by atoms with Crippen molar-refractivity contribution in [3.8, 4) is 23.2 Å². The molecule has 1 saturated heterocycles. The first-order valence-electron chi connectivity index (χ1n) is 14.6. The molecule has 44 heavy (non-hydrogen) atoms. The fourth-order valence-corrected chi connectivity index (χ4v) is 4.25. The van der Waals surface area contributed by atoms with Crippen LogP contribution in [-0.4, -0.2) is 98.8 Å². The van der Waals surface area contributed by atoms with Gasteiger partial charge < -0.3 is 29.7 Å². The van der Waals surface area contributed by atoms with E-state index in [2.05, 4.69) is 27.1 Å². The van der Waals surface area contributed by atoms with Gasteiger partial charge in [0.25, 0.3) is 5.91 Å². The SMILES string of the molecule is CCOC(=O)N1CCN(C(=O)[C@H](CCC(=O)OC(C)(C)C)NC(=O)c2cc(C#CC(C)(C)O)nc(-c3ccccc3)n2)CC1. The number of amides is 3. The molecule has 2 aromatic rings. The second kappa shape index (κ2) is 14.8. The molecule has 12 heteroatoms. The first-order valence-corrected chi connectivity index (χ1v) is 14.6. The van der Waals surface area contributed by atoms with Crippen molar-refractivity contribution in [2.45, 2.75) is 71.6 Å². The van der Waals surface area contributed by atoms with Gasteiger partial charge in [-0.25, -0.2) is 14.8 Å². The zero-order valence-corrected chi connectivity index (χ0v) is 26.2. The van der Waals surface area contributed by atoms with E-state index in [0.29, 0.717) is 5.56 Å². The summed E-state index contributed by atoms with van der Waals surface area (Å²) >= 11 is 0. The van der Waals surface area contributed by atoms with Gasteiger partial charge in [0.05, 0.1) is 6.61 Å². The molecule has 12 nitrogen and oxygen atoms in total. The quantitative estimate of drug-likeness (QED) is 0.341. The lowest BCUT2D eigenvalue weighted by molar-refractivity contribution is -0.155. The van der Waals surface area contributed by atoms with Gasteiger partial charge in [0, 0.05) is 44.2 Å². The van der Waals surface area contributed by atoms with Crippen molar-refractivity contribution in [3.63, 3.8) is 0 Å². The number of nitrogens with one attached hydrogen (secondary N) is 1. The number of aliphatic hydroxyl groups is 1. The van der Waals surface area contributed by atoms with E-state index in [1.54, 1.807) is 56.9 Å². The Hall–Kier alpha value is -4.50. The number of nitrogens with zero attached hydrogens (tertiary/aromatic N) is 4. The Morgan fingerprint density at radius 3 is 2.23 bits per heavy atom. The molecule has 1 aliphatic rings. The van der Waals surface area contributed by atoms with Crippen molar-refractivity contribution in [3.05, 3.63) is 47.8 Å². The second-order valence-electron chi connectivity index (χ2n) is 11.8. The minimum Gasteiger partial charge on any atom is -0.460 e. The maximum absolute atomic E-state index is 13.7. The summed E-state index contributed by atoms with van der Waals surface area (Å²) in [7, 11) is 0. The first kappa shape index (κ1) is 34.0. The van der Waals surface area contributed by atoms with Crippen molar-refractivity contribution in [1.29, 1.82) is 0 Å². The van der Waals surface area contributed by atoms with Gasteiger partial charge in [-0.1, -0.05) is 36.3 Å². The fourth-order valence-electron chi connectivity index (χ4n) is 4.25. The van der Waals surface area contributed by atoms with E-state index in [1.165, 1.54) is 24.8 Å². The predicted octanol–water partition coefficient (Wildman–Crippen LogP) is 2.79. The van der Waals surface area contributed by atoms with E-state index in [1.807, 2.05) is 6.07 Å². The Balaban J connectivity index is 1.88. The van der Waals surface area contributed by atoms with Crippen LogP contribution >= 0.6 is 0 Å². The van der Waals surface area contributed by atoms with Crippen molar-refractivity contribution in [2.75, 3.05) is 32.8 Å². The lowest BCUT2D eigenvalue weighted by Crippen LogP contribution is -2.56. The highest BCUT2D eigenvalue weighted by Gasteiger charge is 2.32. The molecule has 0 unspecified atom stereocenters. The molecule has 2 N–H and O–H groups in total. The highest BCUT2D eigenvalue weighted by molar-refractivity contribution is 5.96. The topological polar surface area (TPSA) is 151 Å². The normalized spacial score (nSPS) is 14.2. The van der Waals surface area contributed by atoms with Crippen LogP contribution < -0.4 is 5.32 Å². The van der Waals surface area contributed by atoms with Crippen LogP contribution in [0.25, 0.3) is 11.4 Å². The summed E-state index contributed by atoms with van der Waals surface area (Å²) in [6, 6.07) is 9.32. The molecule has 0 aliphatic carbocycles. The summed E-state index contributed by atoms with van der Waals surface area (Å²) in [4.78, 5) is 63.9. The molecule has 1 aromatic heterocycles. The summed E-state index contributed by atoms with van der Waals surface area (Å²) in [5.41, 5.74) is -1.19. The smallest absolute Gasteiger partial charge is 0.409 e. The van der Waals surface area contributed by atoms with Gasteiger partial charge in [0.2, 0.25) is 5.91 Å². The molecule has 1 aromatic carbocycles. The average Bonchev–Trinajstić information content (AvgIpc) is 2.97. The molecule has 0 bridgehead atoms. The molecule has 0 spiro atoms. The highest BCUT2D eigenvalue weighted by Crippen LogP contribution is 2.17. The maximum atomic E-state index is 13.7. The number of hydrogen-bond acceptors (Lipinski definition) is 9. The van der Waals surface area contributed by atoms with E-state index < -0.39 is 41.1 Å². The molecular formula is C32H41N5O7. The lowest BCUT2D eigenvalue weighted by atomic mass is 10.1. The Bertz CT molecular complexity index is 1400. The Kier molecular flexibility index (Phi) is 11.4. The van der Waals surface area contributed by atoms with E-state index in [-0.39, 0.29) is 62.8 Å². The van der Waals surface area contributed by atoms with Crippen LogP contribution in [0.5, 0.6) is 0 Å². The van der Waals surface area contributed by atoms with Crippen LogP contribution in [0.3, 0.4) is 0 Å². The molecular weight excluding hydrogens is 566 g/mol. The predicted molar refractivity (Wildman–Crippen MR) is 162 cm³/mol. The van der Waals surface area contributed by atoms with Crippen molar-refractivity contribution in [2.24, 2.45) is 0 Å². The van der Waals surface area contributed by atoms with Crippen LogP contribution in [0, 0.1) is 11.8 Å². The monoisotopic (exact) mass is 607 g/mol. The third-order valence-electron chi connectivity index (χ3n) is 6.27. The zero-order chi connectivity index (χ0) is 32.5. The highest BCUT2D eigenvalue weighted by atomic mass is 16.6. The minimum absolute atomic E-state index is 0.0143. The molecule has 1 fully saturated rings. The second-order valence-corrected chi connectivity index (χ2v) is 11.8. The molecule has 3 rings (SSSR count). The van der Waals surface area contributed by atoms with Gasteiger partial charge in [-0.15, -0.1) is 0 Å². The molecule has 236 valence electrons. The van der Waals surface area contributed by atoms with Gasteiger partial charge in [-0.3, -0.25) is 14.4 Å². The van der Waals surface area contributed by atoms with Crippen LogP contribution in [0.15, 0.2) is 36.4 Å². The number of rotatable bonds is 8. The summed E-state index contributed by atoms with van der Waals surface area (Å²) in [5, 5.41) is 12.8. The zero-order valence-electron chi connectivity index (χ0n) is 26.2. The van der Waals surface area contributed by atoms with E-state index in [9.17, 15) is 24.3 Å². The number of esters is 1. The van der Waals surface area contributed by atoms with Gasteiger partial charge in [0.1, 0.15) is 28.6 Å². The summed E-state index contributed by atoms with van der Waals surface area (Å²) in [5.74, 6) is 4.16. The molecule has 1 atom stereocenters. The summed E-state index contributed by atoms with van der Waals surface area (Å²) in [6.07, 6.45) is -0.576. The number of hydrogen-bond donors (Lipinski definition) is 2. The maximum Gasteiger partial charge on any atom is 0.409 e. The largest absolute Gasteiger partial charge is 0.460 e. The van der Waals surface area contributed by atoms with Gasteiger partial charge in [-0.05, 0) is 53.9 Å². The van der Waals surface area contributed by atoms with Crippen molar-refractivity contribution in [1.82, 2.24) is 25.1 Å². The third-order valence-corrected chi connectivity index (χ3v) is 6.27. The first-order chi connectivity index (χ1) is 20.6. The standard InChI is InChI=1S/C32H41N5O7/c1-7-43-30(41)37-19-17-36(18-20-37)29(40)24(13-14-26(38)44-31(2,3)4)35-28(39)25-21-23(15-16-32(5,6)42)33-27(34-25)22-11-9-8-10-12-22/h8-12,21,24,42H,7,13-14,17-20H2,1-6H3,(H,35,39)/t24-/m0/s1. The average molecular weight is 608 g/mol. The number of carbonyl (C=O) groups is 4. The van der Waals surface area contributed by atoms with E-state index in [4.69, 9.17) is 9.47 Å². The Morgan fingerprint density at radius 2 is 1.64 bits per heavy atom. The van der Waals surface area contributed by atoms with Crippen LogP contribution in [0.4, 0.5) is 4.79 Å². The van der Waals surface area contributed by atoms with Crippen LogP contribution in [0.2, 0.25) is 0 Å². The summed E-state index contributed by atoms with van der Waals surface area (Å²) < 4.78 is 10.5. The fraction of sp³-hybridized carbons (Fsp3) is 0.500.